The second kappa shape index (κ2) is 9.50. The number of hydrogen-bond acceptors (Lipinski definition) is 2. The monoisotopic (exact) mass is 393 g/mol. The SMILES string of the molecule is CCCCCc1ccc(-c2ccc(-c3cc(F)c(N=C=S)cc3F)cc2)cc1. The van der Waals surface area contributed by atoms with Gasteiger partial charge in [0.1, 0.15) is 17.3 Å². The molecular weight excluding hydrogens is 372 g/mol. The predicted molar refractivity (Wildman–Crippen MR) is 115 cm³/mol. The number of hydrogen-bond donors (Lipinski definition) is 0. The third-order valence-corrected chi connectivity index (χ3v) is 4.85. The van der Waals surface area contributed by atoms with E-state index < -0.39 is 11.6 Å². The Hall–Kier alpha value is -2.68. The van der Waals surface area contributed by atoms with Crippen molar-refractivity contribution in [3.05, 3.63) is 77.9 Å². The summed E-state index contributed by atoms with van der Waals surface area (Å²) in [5.41, 5.74) is 4.12. The summed E-state index contributed by atoms with van der Waals surface area (Å²) < 4.78 is 28.4. The summed E-state index contributed by atoms with van der Waals surface area (Å²) in [6, 6.07) is 18.1. The van der Waals surface area contributed by atoms with Crippen molar-refractivity contribution in [3.8, 4) is 22.3 Å². The van der Waals surface area contributed by atoms with Crippen molar-refractivity contribution in [3.63, 3.8) is 0 Å². The second-order valence-corrected chi connectivity index (χ2v) is 6.90. The van der Waals surface area contributed by atoms with Crippen molar-refractivity contribution in [2.24, 2.45) is 4.99 Å². The first kappa shape index (κ1) is 20.1. The van der Waals surface area contributed by atoms with Gasteiger partial charge in [0.15, 0.2) is 0 Å². The second-order valence-electron chi connectivity index (χ2n) is 6.72. The minimum Gasteiger partial charge on any atom is -0.206 e. The Kier molecular flexibility index (Phi) is 6.80. The van der Waals surface area contributed by atoms with Crippen molar-refractivity contribution in [2.45, 2.75) is 32.6 Å². The molecular formula is C24H21F2NS. The first-order chi connectivity index (χ1) is 13.6. The highest BCUT2D eigenvalue weighted by Gasteiger charge is 2.11. The molecule has 3 aromatic rings. The molecule has 142 valence electrons. The number of unbranched alkanes of at least 4 members (excludes halogenated alkanes) is 2. The van der Waals surface area contributed by atoms with Gasteiger partial charge in [0.25, 0.3) is 0 Å². The molecule has 3 aromatic carbocycles. The van der Waals surface area contributed by atoms with Crippen molar-refractivity contribution in [2.75, 3.05) is 0 Å². The van der Waals surface area contributed by atoms with Crippen LogP contribution in [0.2, 0.25) is 0 Å². The van der Waals surface area contributed by atoms with E-state index in [2.05, 4.69) is 53.6 Å². The summed E-state index contributed by atoms with van der Waals surface area (Å²) in [6.45, 7) is 2.20. The first-order valence-electron chi connectivity index (χ1n) is 9.39. The van der Waals surface area contributed by atoms with Crippen molar-refractivity contribution in [1.82, 2.24) is 0 Å². The molecule has 0 fully saturated rings. The van der Waals surface area contributed by atoms with E-state index in [0.29, 0.717) is 5.56 Å². The van der Waals surface area contributed by atoms with Crippen molar-refractivity contribution in [1.29, 1.82) is 0 Å². The standard InChI is InChI=1S/C24H21F2NS/c1-2-3-4-5-17-6-8-18(9-7-17)19-10-12-20(13-11-19)21-14-23(26)24(27-16-28)15-22(21)25/h6-15H,2-5H2,1H3. The number of isothiocyanates is 1. The van der Waals surface area contributed by atoms with E-state index in [1.165, 1.54) is 24.8 Å². The molecule has 0 N–H and O–H groups in total. The zero-order chi connectivity index (χ0) is 19.9. The van der Waals surface area contributed by atoms with Crippen LogP contribution < -0.4 is 0 Å². The molecule has 0 atom stereocenters. The van der Waals surface area contributed by atoms with Crippen LogP contribution in [0.4, 0.5) is 14.5 Å². The summed E-state index contributed by atoms with van der Waals surface area (Å²) >= 11 is 4.45. The van der Waals surface area contributed by atoms with E-state index >= 15 is 0 Å². The lowest BCUT2D eigenvalue weighted by atomic mass is 9.98. The topological polar surface area (TPSA) is 12.4 Å². The third-order valence-electron chi connectivity index (χ3n) is 4.75. The maximum Gasteiger partial charge on any atom is 0.150 e. The van der Waals surface area contributed by atoms with E-state index in [0.717, 1.165) is 29.7 Å². The highest BCUT2D eigenvalue weighted by molar-refractivity contribution is 7.78. The number of aryl methyl sites for hydroxylation is 1. The van der Waals surface area contributed by atoms with Crippen LogP contribution in [0, 0.1) is 11.6 Å². The molecule has 1 nitrogen and oxygen atoms in total. The largest absolute Gasteiger partial charge is 0.206 e. The predicted octanol–water partition coefficient (Wildman–Crippen LogP) is 7.77. The van der Waals surface area contributed by atoms with Crippen LogP contribution in [0.3, 0.4) is 0 Å². The lowest BCUT2D eigenvalue weighted by Gasteiger charge is -2.08. The summed E-state index contributed by atoms with van der Waals surface area (Å²) in [7, 11) is 0. The molecule has 0 heterocycles. The Labute approximate surface area is 169 Å². The number of halogens is 2. The van der Waals surface area contributed by atoms with Gasteiger partial charge in [-0.2, -0.15) is 4.99 Å². The number of nitrogens with zero attached hydrogens (tertiary/aromatic N) is 1. The van der Waals surface area contributed by atoms with Gasteiger partial charge in [-0.05, 0) is 53.4 Å². The molecule has 0 saturated carbocycles. The fourth-order valence-electron chi connectivity index (χ4n) is 3.18. The van der Waals surface area contributed by atoms with Crippen LogP contribution in [0.25, 0.3) is 22.3 Å². The molecule has 0 unspecified atom stereocenters. The number of aliphatic imine (C=N–C) groups is 1. The molecule has 28 heavy (non-hydrogen) atoms. The summed E-state index contributed by atoms with van der Waals surface area (Å²) in [5.74, 6) is -1.17. The van der Waals surface area contributed by atoms with Gasteiger partial charge >= 0.3 is 0 Å². The number of rotatable bonds is 7. The highest BCUT2D eigenvalue weighted by Crippen LogP contribution is 2.31. The van der Waals surface area contributed by atoms with Gasteiger partial charge in [-0.25, -0.2) is 8.78 Å². The number of benzene rings is 3. The quantitative estimate of drug-likeness (QED) is 0.227. The Morgan fingerprint density at radius 1 is 0.821 bits per heavy atom. The average molecular weight is 394 g/mol. The Morgan fingerprint density at radius 3 is 2.04 bits per heavy atom. The molecule has 0 aromatic heterocycles. The van der Waals surface area contributed by atoms with Crippen LogP contribution in [0.15, 0.2) is 65.7 Å². The molecule has 4 heteroatoms. The van der Waals surface area contributed by atoms with Crippen LogP contribution in [0.1, 0.15) is 31.7 Å². The maximum absolute atomic E-state index is 14.3. The maximum atomic E-state index is 14.3. The van der Waals surface area contributed by atoms with E-state index in [4.69, 9.17) is 0 Å². The normalized spacial score (nSPS) is 10.5. The van der Waals surface area contributed by atoms with Gasteiger partial charge in [-0.15, -0.1) is 0 Å². The molecule has 0 spiro atoms. The van der Waals surface area contributed by atoms with Gasteiger partial charge in [0.05, 0.1) is 5.16 Å². The van der Waals surface area contributed by atoms with Gasteiger partial charge in [0.2, 0.25) is 0 Å². The number of thiocarbonyl (C=S) groups is 1. The molecule has 0 bridgehead atoms. The van der Waals surface area contributed by atoms with Gasteiger partial charge in [-0.3, -0.25) is 0 Å². The Morgan fingerprint density at radius 2 is 1.43 bits per heavy atom. The van der Waals surface area contributed by atoms with E-state index in [1.54, 1.807) is 12.1 Å². The lowest BCUT2D eigenvalue weighted by Crippen LogP contribution is -1.89. The van der Waals surface area contributed by atoms with Gasteiger partial charge < -0.3 is 0 Å². The summed E-state index contributed by atoms with van der Waals surface area (Å²) in [4.78, 5) is 3.54. The molecule has 3 rings (SSSR count). The van der Waals surface area contributed by atoms with Gasteiger partial charge in [0, 0.05) is 11.6 Å². The fourth-order valence-corrected chi connectivity index (χ4v) is 3.28. The Bertz CT molecular complexity index is 988. The Balaban J connectivity index is 1.80. The molecule has 0 aliphatic carbocycles. The molecule has 0 radical (unpaired) electrons. The van der Waals surface area contributed by atoms with Crippen LogP contribution in [0.5, 0.6) is 0 Å². The molecule has 0 saturated heterocycles. The minimum atomic E-state index is -0.628. The first-order valence-corrected chi connectivity index (χ1v) is 9.80. The van der Waals surface area contributed by atoms with Crippen LogP contribution in [-0.2, 0) is 6.42 Å². The third kappa shape index (κ3) is 4.78. The molecule has 0 aliphatic heterocycles. The zero-order valence-corrected chi connectivity index (χ0v) is 16.5. The minimum absolute atomic E-state index is 0.146. The molecule has 0 aliphatic rings. The zero-order valence-electron chi connectivity index (χ0n) is 15.7. The average Bonchev–Trinajstić information content (AvgIpc) is 2.72. The highest BCUT2D eigenvalue weighted by atomic mass is 32.1. The van der Waals surface area contributed by atoms with E-state index in [9.17, 15) is 8.78 Å². The van der Waals surface area contributed by atoms with Crippen molar-refractivity contribution < 1.29 is 8.78 Å². The van der Waals surface area contributed by atoms with Crippen LogP contribution >= 0.6 is 12.2 Å². The van der Waals surface area contributed by atoms with E-state index in [1.807, 2.05) is 12.1 Å². The molecule has 0 amide bonds. The van der Waals surface area contributed by atoms with Gasteiger partial charge in [-0.1, -0.05) is 68.3 Å². The fraction of sp³-hybridized carbons (Fsp3) is 0.208. The smallest absolute Gasteiger partial charge is 0.150 e. The summed E-state index contributed by atoms with van der Waals surface area (Å²) in [5, 5.41) is 2.06. The van der Waals surface area contributed by atoms with E-state index in [-0.39, 0.29) is 11.3 Å². The lowest BCUT2D eigenvalue weighted by molar-refractivity contribution is 0.605. The van der Waals surface area contributed by atoms with Crippen molar-refractivity contribution >= 4 is 23.1 Å². The summed E-state index contributed by atoms with van der Waals surface area (Å²) in [6.07, 6.45) is 4.78. The van der Waals surface area contributed by atoms with Crippen LogP contribution in [-0.4, -0.2) is 5.16 Å².